The van der Waals surface area contributed by atoms with Gasteiger partial charge in [-0.3, -0.25) is 4.68 Å². The fourth-order valence-electron chi connectivity index (χ4n) is 0.818. The van der Waals surface area contributed by atoms with E-state index < -0.39 is 23.9 Å². The first-order valence-electron chi connectivity index (χ1n) is 3.67. The van der Waals surface area contributed by atoms with Gasteiger partial charge in [-0.15, -0.1) is 0 Å². The molecule has 0 bridgehead atoms. The van der Waals surface area contributed by atoms with Crippen LogP contribution in [0.15, 0.2) is 12.3 Å². The summed E-state index contributed by atoms with van der Waals surface area (Å²) >= 11 is 0. The Morgan fingerprint density at radius 3 is 2.57 bits per heavy atom. The molecule has 1 aromatic heterocycles. The lowest BCUT2D eigenvalue weighted by Gasteiger charge is -2.06. The Bertz CT molecular complexity index is 345. The number of aromatic nitrogens is 2. The third kappa shape index (κ3) is 2.04. The van der Waals surface area contributed by atoms with Crippen molar-refractivity contribution in [1.82, 2.24) is 9.78 Å². The molecular formula is C7H7F3N2O2. The Labute approximate surface area is 77.0 Å². The lowest BCUT2D eigenvalue weighted by atomic mass is 10.4. The quantitative estimate of drug-likeness (QED) is 0.802. The zero-order valence-electron chi connectivity index (χ0n) is 7.12. The number of halogens is 3. The van der Waals surface area contributed by atoms with Gasteiger partial charge in [0.2, 0.25) is 0 Å². The van der Waals surface area contributed by atoms with Crippen LogP contribution in [0.2, 0.25) is 0 Å². The van der Waals surface area contributed by atoms with Gasteiger partial charge in [-0.2, -0.15) is 18.3 Å². The Balaban J connectivity index is 2.94. The van der Waals surface area contributed by atoms with E-state index in [1.54, 1.807) is 0 Å². The van der Waals surface area contributed by atoms with E-state index in [0.717, 1.165) is 16.9 Å². The minimum absolute atomic E-state index is 0.736. The van der Waals surface area contributed by atoms with Crippen LogP contribution >= 0.6 is 0 Å². The van der Waals surface area contributed by atoms with E-state index in [4.69, 9.17) is 5.11 Å². The molecule has 78 valence electrons. The summed E-state index contributed by atoms with van der Waals surface area (Å²) in [5.41, 5.74) is -1.09. The monoisotopic (exact) mass is 208 g/mol. The summed E-state index contributed by atoms with van der Waals surface area (Å²) in [6, 6.07) is -0.370. The molecule has 0 aromatic carbocycles. The Morgan fingerprint density at radius 2 is 2.21 bits per heavy atom. The molecule has 0 aliphatic carbocycles. The fourth-order valence-corrected chi connectivity index (χ4v) is 0.818. The summed E-state index contributed by atoms with van der Waals surface area (Å²) in [5, 5.41) is 11.6. The zero-order chi connectivity index (χ0) is 10.9. The maximum atomic E-state index is 12.0. The number of rotatable bonds is 2. The van der Waals surface area contributed by atoms with Crippen molar-refractivity contribution >= 4 is 5.97 Å². The van der Waals surface area contributed by atoms with Gasteiger partial charge in [0.15, 0.2) is 5.69 Å². The second-order valence-corrected chi connectivity index (χ2v) is 2.69. The largest absolute Gasteiger partial charge is 0.480 e. The Kier molecular flexibility index (Phi) is 2.50. The second-order valence-electron chi connectivity index (χ2n) is 2.69. The van der Waals surface area contributed by atoms with Crippen LogP contribution in [0, 0.1) is 0 Å². The van der Waals surface area contributed by atoms with Crippen LogP contribution in [0.25, 0.3) is 0 Å². The minimum atomic E-state index is -4.54. The average molecular weight is 208 g/mol. The summed E-state index contributed by atoms with van der Waals surface area (Å²) in [7, 11) is 0. The number of carboxylic acids is 1. The van der Waals surface area contributed by atoms with Crippen molar-refractivity contribution < 1.29 is 23.1 Å². The van der Waals surface area contributed by atoms with Gasteiger partial charge in [-0.25, -0.2) is 4.79 Å². The average Bonchev–Trinajstić information content (AvgIpc) is 2.49. The topological polar surface area (TPSA) is 55.1 Å². The van der Waals surface area contributed by atoms with E-state index in [1.807, 2.05) is 0 Å². The second kappa shape index (κ2) is 3.32. The van der Waals surface area contributed by atoms with Crippen molar-refractivity contribution in [2.24, 2.45) is 0 Å². The molecule has 0 spiro atoms. The highest BCUT2D eigenvalue weighted by Crippen LogP contribution is 2.27. The SMILES string of the molecule is C[C@@H](C(=O)O)n1ccc(C(F)(F)F)n1. The predicted octanol–water partition coefficient (Wildman–Crippen LogP) is 1.55. The molecule has 1 heterocycles. The number of alkyl halides is 3. The number of carboxylic acid groups (broad SMARTS) is 1. The summed E-state index contributed by atoms with van der Waals surface area (Å²) in [5.74, 6) is -1.23. The molecule has 0 amide bonds. The van der Waals surface area contributed by atoms with Gasteiger partial charge in [0.1, 0.15) is 6.04 Å². The normalized spacial score (nSPS) is 14.0. The van der Waals surface area contributed by atoms with Crippen LogP contribution in [0.1, 0.15) is 18.7 Å². The summed E-state index contributed by atoms with van der Waals surface area (Å²) < 4.78 is 36.9. The van der Waals surface area contributed by atoms with Gasteiger partial charge in [-0.1, -0.05) is 0 Å². The van der Waals surface area contributed by atoms with E-state index in [1.165, 1.54) is 6.92 Å². The first-order chi connectivity index (χ1) is 6.32. The number of carbonyl (C=O) groups is 1. The number of hydrogen-bond donors (Lipinski definition) is 1. The minimum Gasteiger partial charge on any atom is -0.480 e. The first-order valence-corrected chi connectivity index (χ1v) is 3.67. The third-order valence-corrected chi connectivity index (χ3v) is 1.65. The highest BCUT2D eigenvalue weighted by atomic mass is 19.4. The van der Waals surface area contributed by atoms with Gasteiger partial charge in [0, 0.05) is 6.20 Å². The molecule has 4 nitrogen and oxygen atoms in total. The van der Waals surface area contributed by atoms with Gasteiger partial charge >= 0.3 is 12.1 Å². The molecule has 0 radical (unpaired) electrons. The van der Waals surface area contributed by atoms with Crippen molar-refractivity contribution in [3.8, 4) is 0 Å². The number of hydrogen-bond acceptors (Lipinski definition) is 2. The molecule has 0 aliphatic heterocycles. The molecule has 0 unspecified atom stereocenters. The zero-order valence-corrected chi connectivity index (χ0v) is 7.12. The van der Waals surface area contributed by atoms with Crippen molar-refractivity contribution in [3.05, 3.63) is 18.0 Å². The molecule has 0 fully saturated rings. The van der Waals surface area contributed by atoms with Crippen molar-refractivity contribution in [2.75, 3.05) is 0 Å². The third-order valence-electron chi connectivity index (χ3n) is 1.65. The molecule has 1 atom stereocenters. The van der Waals surface area contributed by atoms with E-state index in [0.29, 0.717) is 0 Å². The number of aliphatic carboxylic acids is 1. The molecule has 0 saturated heterocycles. The van der Waals surface area contributed by atoms with Crippen LogP contribution in [0.4, 0.5) is 13.2 Å². The Hall–Kier alpha value is -1.53. The number of nitrogens with zero attached hydrogens (tertiary/aromatic N) is 2. The van der Waals surface area contributed by atoms with Gasteiger partial charge in [-0.05, 0) is 13.0 Å². The molecular weight excluding hydrogens is 201 g/mol. The van der Waals surface area contributed by atoms with E-state index in [2.05, 4.69) is 5.10 Å². The smallest absolute Gasteiger partial charge is 0.435 e. The van der Waals surface area contributed by atoms with Gasteiger partial charge < -0.3 is 5.11 Å². The molecule has 1 rings (SSSR count). The van der Waals surface area contributed by atoms with Crippen molar-refractivity contribution in [1.29, 1.82) is 0 Å². The molecule has 1 N–H and O–H groups in total. The maximum Gasteiger partial charge on any atom is 0.435 e. The fraction of sp³-hybridized carbons (Fsp3) is 0.429. The highest BCUT2D eigenvalue weighted by Gasteiger charge is 2.34. The van der Waals surface area contributed by atoms with Crippen LogP contribution in [0.5, 0.6) is 0 Å². The molecule has 14 heavy (non-hydrogen) atoms. The van der Waals surface area contributed by atoms with E-state index >= 15 is 0 Å². The van der Waals surface area contributed by atoms with Gasteiger partial charge in [0.25, 0.3) is 0 Å². The lowest BCUT2D eigenvalue weighted by molar-refractivity contribution is -0.144. The first kappa shape index (κ1) is 10.6. The van der Waals surface area contributed by atoms with Crippen LogP contribution in [0.3, 0.4) is 0 Å². The summed E-state index contributed by atoms with van der Waals surface area (Å²) in [6.45, 7) is 1.25. The lowest BCUT2D eigenvalue weighted by Crippen LogP contribution is -2.17. The molecule has 1 aromatic rings. The molecule has 7 heteroatoms. The van der Waals surface area contributed by atoms with Crippen LogP contribution in [-0.2, 0) is 11.0 Å². The standard InChI is InChI=1S/C7H7F3N2O2/c1-4(6(13)14)12-3-2-5(11-12)7(8,9)10/h2-4H,1H3,(H,13,14)/t4-/m0/s1. The Morgan fingerprint density at radius 1 is 1.64 bits per heavy atom. The summed E-state index contributed by atoms with van der Waals surface area (Å²) in [6.07, 6.45) is -3.55. The highest BCUT2D eigenvalue weighted by molar-refractivity contribution is 5.71. The van der Waals surface area contributed by atoms with Crippen LogP contribution in [-0.4, -0.2) is 20.9 Å². The molecule has 0 saturated carbocycles. The van der Waals surface area contributed by atoms with Crippen molar-refractivity contribution in [3.63, 3.8) is 0 Å². The van der Waals surface area contributed by atoms with Gasteiger partial charge in [0.05, 0.1) is 0 Å². The van der Waals surface area contributed by atoms with E-state index in [9.17, 15) is 18.0 Å². The summed E-state index contributed by atoms with van der Waals surface area (Å²) in [4.78, 5) is 10.4. The maximum absolute atomic E-state index is 12.0. The predicted molar refractivity (Wildman–Crippen MR) is 39.6 cm³/mol. The van der Waals surface area contributed by atoms with Crippen molar-refractivity contribution in [2.45, 2.75) is 19.1 Å². The van der Waals surface area contributed by atoms with E-state index in [-0.39, 0.29) is 0 Å². The molecule has 0 aliphatic rings. The van der Waals surface area contributed by atoms with Crippen LogP contribution < -0.4 is 0 Å².